The van der Waals surface area contributed by atoms with Gasteiger partial charge < -0.3 is 14.5 Å². The van der Waals surface area contributed by atoms with Crippen molar-refractivity contribution in [2.24, 2.45) is 0 Å². The van der Waals surface area contributed by atoms with Crippen LogP contribution in [0, 0.1) is 0 Å². The summed E-state index contributed by atoms with van der Waals surface area (Å²) in [5.74, 6) is 0. The minimum Gasteiger partial charge on any atom is -0.356 e. The average Bonchev–Trinajstić information content (AvgIpc) is 3.87. The van der Waals surface area contributed by atoms with E-state index in [9.17, 15) is 0 Å². The van der Waals surface area contributed by atoms with Crippen molar-refractivity contribution in [1.29, 1.82) is 0 Å². The molecular formula is C60H41N3. The number of benzene rings is 10. The van der Waals surface area contributed by atoms with Gasteiger partial charge in [-0.1, -0.05) is 158 Å². The molecule has 0 fully saturated rings. The first-order valence-corrected chi connectivity index (χ1v) is 21.6. The summed E-state index contributed by atoms with van der Waals surface area (Å²) in [6.45, 7) is 0. The Balaban J connectivity index is 0.789. The second-order valence-electron chi connectivity index (χ2n) is 16.3. The van der Waals surface area contributed by atoms with Crippen LogP contribution < -0.4 is 5.32 Å². The molecule has 12 rings (SSSR count). The van der Waals surface area contributed by atoms with Crippen LogP contribution in [0.5, 0.6) is 0 Å². The largest absolute Gasteiger partial charge is 0.356 e. The fourth-order valence-corrected chi connectivity index (χ4v) is 9.39. The second-order valence-corrected chi connectivity index (χ2v) is 16.3. The summed E-state index contributed by atoms with van der Waals surface area (Å²) >= 11 is 0. The van der Waals surface area contributed by atoms with E-state index in [-0.39, 0.29) is 0 Å². The molecule has 0 aliphatic heterocycles. The molecular weight excluding hydrogens is 763 g/mol. The van der Waals surface area contributed by atoms with Crippen LogP contribution >= 0.6 is 0 Å². The molecule has 1 N–H and O–H groups in total. The van der Waals surface area contributed by atoms with Crippen molar-refractivity contribution >= 4 is 55.0 Å². The zero-order valence-electron chi connectivity index (χ0n) is 34.5. The van der Waals surface area contributed by atoms with E-state index in [2.05, 4.69) is 257 Å². The zero-order valence-corrected chi connectivity index (χ0v) is 34.5. The maximum absolute atomic E-state index is 3.63. The topological polar surface area (TPSA) is 21.9 Å². The molecule has 2 heterocycles. The molecule has 0 unspecified atom stereocenters. The van der Waals surface area contributed by atoms with Crippen molar-refractivity contribution in [2.75, 3.05) is 5.32 Å². The van der Waals surface area contributed by atoms with Crippen LogP contribution in [0.1, 0.15) is 0 Å². The lowest BCUT2D eigenvalue weighted by Crippen LogP contribution is -1.94. The Morgan fingerprint density at radius 1 is 0.222 bits per heavy atom. The van der Waals surface area contributed by atoms with Gasteiger partial charge in [0, 0.05) is 44.3 Å². The Hall–Kier alpha value is -8.40. The van der Waals surface area contributed by atoms with E-state index < -0.39 is 0 Å². The van der Waals surface area contributed by atoms with E-state index in [0.717, 1.165) is 22.7 Å². The fourth-order valence-electron chi connectivity index (χ4n) is 9.39. The summed E-state index contributed by atoms with van der Waals surface area (Å²) in [5, 5.41) is 8.63. The van der Waals surface area contributed by atoms with Gasteiger partial charge in [0.15, 0.2) is 0 Å². The van der Waals surface area contributed by atoms with Crippen LogP contribution in [-0.4, -0.2) is 9.13 Å². The van der Waals surface area contributed by atoms with Gasteiger partial charge in [0.05, 0.1) is 22.1 Å². The summed E-state index contributed by atoms with van der Waals surface area (Å²) in [6, 6.07) is 87.6. The van der Waals surface area contributed by atoms with E-state index in [1.807, 2.05) is 0 Å². The summed E-state index contributed by atoms with van der Waals surface area (Å²) < 4.78 is 4.76. The zero-order chi connectivity index (χ0) is 41.7. The van der Waals surface area contributed by atoms with Crippen LogP contribution in [0.2, 0.25) is 0 Å². The van der Waals surface area contributed by atoms with Gasteiger partial charge >= 0.3 is 0 Å². The van der Waals surface area contributed by atoms with Gasteiger partial charge in [0.2, 0.25) is 0 Å². The van der Waals surface area contributed by atoms with Crippen LogP contribution in [-0.2, 0) is 0 Å². The predicted octanol–water partition coefficient (Wildman–Crippen LogP) is 16.3. The van der Waals surface area contributed by atoms with E-state index in [0.29, 0.717) is 0 Å². The Bertz CT molecular complexity index is 3340. The molecule has 0 aliphatic carbocycles. The van der Waals surface area contributed by atoms with Crippen molar-refractivity contribution in [3.05, 3.63) is 243 Å². The summed E-state index contributed by atoms with van der Waals surface area (Å²) in [6.07, 6.45) is 0. The van der Waals surface area contributed by atoms with Gasteiger partial charge in [-0.2, -0.15) is 0 Å². The fraction of sp³-hybridized carbons (Fsp3) is 0. The van der Waals surface area contributed by atoms with Crippen LogP contribution in [0.15, 0.2) is 243 Å². The smallest absolute Gasteiger partial charge is 0.0541 e. The number of hydrogen-bond donors (Lipinski definition) is 1. The molecule has 0 radical (unpaired) electrons. The minimum atomic E-state index is 1.05. The number of fused-ring (bicyclic) bond motifs is 6. The summed E-state index contributed by atoms with van der Waals surface area (Å²) in [7, 11) is 0. The van der Waals surface area contributed by atoms with E-state index in [1.54, 1.807) is 0 Å². The minimum absolute atomic E-state index is 1.05. The lowest BCUT2D eigenvalue weighted by molar-refractivity contribution is 1.18. The highest BCUT2D eigenvalue weighted by Crippen LogP contribution is 2.38. The molecule has 296 valence electrons. The molecule has 0 saturated heterocycles. The molecule has 3 nitrogen and oxygen atoms in total. The van der Waals surface area contributed by atoms with E-state index >= 15 is 0 Å². The predicted molar refractivity (Wildman–Crippen MR) is 267 cm³/mol. The SMILES string of the molecule is c1ccc(-c2ccc(-n3c4ccccc4c4cc(-c5ccc(Nc6ccc(-c7ccc8c(c7)c7ccccc7n8-c7ccc(-c8ccccc8)cc7)cc6)cc5)ccc43)cc2)cc1. The molecule has 0 spiro atoms. The average molecular weight is 804 g/mol. The maximum Gasteiger partial charge on any atom is 0.0541 e. The van der Waals surface area contributed by atoms with Gasteiger partial charge in [-0.25, -0.2) is 0 Å². The Morgan fingerprint density at radius 2 is 0.524 bits per heavy atom. The monoisotopic (exact) mass is 803 g/mol. The quantitative estimate of drug-likeness (QED) is 0.162. The third-order valence-corrected chi connectivity index (χ3v) is 12.5. The van der Waals surface area contributed by atoms with Gasteiger partial charge in [-0.3, -0.25) is 0 Å². The number of aromatic nitrogens is 2. The first-order valence-electron chi connectivity index (χ1n) is 21.6. The maximum atomic E-state index is 3.63. The van der Waals surface area contributed by atoms with Gasteiger partial charge in [0.25, 0.3) is 0 Å². The molecule has 2 aromatic heterocycles. The second kappa shape index (κ2) is 15.3. The first kappa shape index (κ1) is 36.5. The molecule has 63 heavy (non-hydrogen) atoms. The number of para-hydroxylation sites is 2. The molecule has 0 bridgehead atoms. The third-order valence-electron chi connectivity index (χ3n) is 12.5. The highest BCUT2D eigenvalue weighted by atomic mass is 15.0. The van der Waals surface area contributed by atoms with Crippen LogP contribution in [0.3, 0.4) is 0 Å². The molecule has 3 heteroatoms. The van der Waals surface area contributed by atoms with Crippen LogP contribution in [0.4, 0.5) is 11.4 Å². The highest BCUT2D eigenvalue weighted by Gasteiger charge is 2.15. The number of nitrogens with zero attached hydrogens (tertiary/aromatic N) is 2. The van der Waals surface area contributed by atoms with Crippen molar-refractivity contribution in [1.82, 2.24) is 9.13 Å². The van der Waals surface area contributed by atoms with E-state index in [1.165, 1.54) is 88.1 Å². The third kappa shape index (κ3) is 6.55. The lowest BCUT2D eigenvalue weighted by atomic mass is 10.0. The molecule has 10 aromatic carbocycles. The molecule has 0 atom stereocenters. The van der Waals surface area contributed by atoms with Crippen LogP contribution in [0.25, 0.3) is 99.5 Å². The summed E-state index contributed by atoms with van der Waals surface area (Å²) in [5.41, 5.74) is 18.9. The highest BCUT2D eigenvalue weighted by molar-refractivity contribution is 6.11. The number of hydrogen-bond acceptors (Lipinski definition) is 1. The summed E-state index contributed by atoms with van der Waals surface area (Å²) in [4.78, 5) is 0. The normalized spacial score (nSPS) is 11.5. The van der Waals surface area contributed by atoms with Crippen molar-refractivity contribution < 1.29 is 0 Å². The number of nitrogens with one attached hydrogen (secondary N) is 1. The standard InChI is InChI=1S/C60H41N3/c1-3-11-41(12-4-1)43-23-33-51(34-24-43)62-57-17-9-7-15-53(57)55-39-47(27-37-59(55)62)45-19-29-49(30-20-45)61-50-31-21-46(22-32-50)48-28-38-60-56(40-48)54-16-8-10-18-58(54)63(60)52-35-25-44(26-36-52)42-13-5-2-6-14-42/h1-40,61H. The molecule has 12 aromatic rings. The Morgan fingerprint density at radius 3 is 0.937 bits per heavy atom. The molecule has 0 amide bonds. The Labute approximate surface area is 366 Å². The van der Waals surface area contributed by atoms with Crippen molar-refractivity contribution in [2.45, 2.75) is 0 Å². The van der Waals surface area contributed by atoms with Gasteiger partial charge in [-0.15, -0.1) is 0 Å². The first-order chi connectivity index (χ1) is 31.2. The van der Waals surface area contributed by atoms with Gasteiger partial charge in [-0.05, 0) is 129 Å². The Kier molecular flexibility index (Phi) is 8.83. The van der Waals surface area contributed by atoms with Crippen molar-refractivity contribution in [3.8, 4) is 55.9 Å². The molecule has 0 saturated carbocycles. The van der Waals surface area contributed by atoms with Gasteiger partial charge in [0.1, 0.15) is 0 Å². The van der Waals surface area contributed by atoms with Crippen molar-refractivity contribution in [3.63, 3.8) is 0 Å². The lowest BCUT2D eigenvalue weighted by Gasteiger charge is -2.11. The number of anilines is 2. The molecule has 0 aliphatic rings. The van der Waals surface area contributed by atoms with E-state index in [4.69, 9.17) is 0 Å². The number of rotatable bonds is 8.